The summed E-state index contributed by atoms with van der Waals surface area (Å²) in [6, 6.07) is 3.33. The van der Waals surface area contributed by atoms with Crippen molar-refractivity contribution in [1.29, 1.82) is 0 Å². The van der Waals surface area contributed by atoms with E-state index in [1.54, 1.807) is 0 Å². The second-order valence-corrected chi connectivity index (χ2v) is 3.91. The largest absolute Gasteiger partial charge is 0.508 e. The van der Waals surface area contributed by atoms with Gasteiger partial charge in [0.1, 0.15) is 11.5 Å². The topological polar surface area (TPSA) is 100 Å². The highest BCUT2D eigenvalue weighted by Gasteiger charge is 2.10. The Labute approximate surface area is 117 Å². The van der Waals surface area contributed by atoms with Gasteiger partial charge in [-0.1, -0.05) is 0 Å². The van der Waals surface area contributed by atoms with Crippen molar-refractivity contribution in [3.8, 4) is 11.5 Å². The maximum absolute atomic E-state index is 11.7. The molecule has 0 saturated carbocycles. The zero-order chi connectivity index (χ0) is 15.0. The maximum atomic E-state index is 11.7. The molecule has 0 bridgehead atoms. The maximum Gasteiger partial charge on any atom is 0.319 e. The van der Waals surface area contributed by atoms with E-state index in [1.165, 1.54) is 18.2 Å². The fourth-order valence-electron chi connectivity index (χ4n) is 1.56. The zero-order valence-electron chi connectivity index (χ0n) is 11.5. The van der Waals surface area contributed by atoms with Gasteiger partial charge in [-0.3, -0.25) is 0 Å². The van der Waals surface area contributed by atoms with Crippen LogP contribution in [-0.4, -0.2) is 42.3 Å². The van der Waals surface area contributed by atoms with Crippen LogP contribution in [0.15, 0.2) is 18.2 Å². The number of anilines is 1. The summed E-state index contributed by atoms with van der Waals surface area (Å²) in [5.41, 5.74) is 0.282. The number of phenolic OH excluding ortho intramolecular Hbond substituents is 2. The van der Waals surface area contributed by atoms with Crippen LogP contribution < -0.4 is 10.6 Å². The Hall–Kier alpha value is -1.99. The van der Waals surface area contributed by atoms with Crippen molar-refractivity contribution in [3.63, 3.8) is 0 Å². The van der Waals surface area contributed by atoms with Crippen molar-refractivity contribution in [1.82, 2.24) is 5.32 Å². The molecule has 0 aromatic heterocycles. The van der Waals surface area contributed by atoms with E-state index in [0.29, 0.717) is 13.2 Å². The number of carbonyl (C=O) groups is 1. The molecule has 0 unspecified atom stereocenters. The van der Waals surface area contributed by atoms with Crippen molar-refractivity contribution < 1.29 is 24.5 Å². The fourth-order valence-corrected chi connectivity index (χ4v) is 1.56. The number of ether oxygens (including phenoxy) is 2. The van der Waals surface area contributed by atoms with E-state index in [4.69, 9.17) is 9.47 Å². The summed E-state index contributed by atoms with van der Waals surface area (Å²) in [6.45, 7) is 4.82. The predicted molar refractivity (Wildman–Crippen MR) is 73.8 cm³/mol. The van der Waals surface area contributed by atoms with Gasteiger partial charge in [0.25, 0.3) is 0 Å². The SMILES string of the molecule is CCOC(CNC(=O)Nc1cc(O)cc(O)c1)OCC. The second kappa shape index (κ2) is 8.23. The molecule has 7 heteroatoms. The quantitative estimate of drug-likeness (QED) is 0.570. The van der Waals surface area contributed by atoms with Crippen LogP contribution in [0.2, 0.25) is 0 Å². The zero-order valence-corrected chi connectivity index (χ0v) is 11.5. The van der Waals surface area contributed by atoms with Crippen molar-refractivity contribution in [2.75, 3.05) is 25.1 Å². The summed E-state index contributed by atoms with van der Waals surface area (Å²) in [4.78, 5) is 11.7. The molecule has 0 heterocycles. The summed E-state index contributed by atoms with van der Waals surface area (Å²) < 4.78 is 10.6. The van der Waals surface area contributed by atoms with Gasteiger partial charge in [0.15, 0.2) is 6.29 Å². The average molecular weight is 284 g/mol. The minimum absolute atomic E-state index is 0.137. The molecule has 1 aromatic carbocycles. The number of nitrogens with one attached hydrogen (secondary N) is 2. The Morgan fingerprint density at radius 1 is 1.15 bits per heavy atom. The second-order valence-electron chi connectivity index (χ2n) is 3.91. The van der Waals surface area contributed by atoms with E-state index in [0.717, 1.165) is 0 Å². The third-order valence-electron chi connectivity index (χ3n) is 2.29. The lowest BCUT2D eigenvalue weighted by Crippen LogP contribution is -2.37. The number of urea groups is 1. The van der Waals surface area contributed by atoms with E-state index in [-0.39, 0.29) is 23.7 Å². The van der Waals surface area contributed by atoms with Gasteiger partial charge in [0.05, 0.1) is 6.54 Å². The summed E-state index contributed by atoms with van der Waals surface area (Å²) >= 11 is 0. The summed E-state index contributed by atoms with van der Waals surface area (Å²) in [5, 5.41) is 23.6. The minimum Gasteiger partial charge on any atom is -0.508 e. The van der Waals surface area contributed by atoms with Crippen LogP contribution in [0, 0.1) is 0 Å². The Morgan fingerprint density at radius 3 is 2.20 bits per heavy atom. The van der Waals surface area contributed by atoms with Crippen LogP contribution in [-0.2, 0) is 9.47 Å². The Morgan fingerprint density at radius 2 is 1.70 bits per heavy atom. The number of hydrogen-bond donors (Lipinski definition) is 4. The average Bonchev–Trinajstić information content (AvgIpc) is 2.35. The summed E-state index contributed by atoms with van der Waals surface area (Å²) in [5.74, 6) is -0.274. The summed E-state index contributed by atoms with van der Waals surface area (Å²) in [7, 11) is 0. The first-order chi connectivity index (χ1) is 9.55. The molecule has 0 radical (unpaired) electrons. The molecule has 112 valence electrons. The molecular weight excluding hydrogens is 264 g/mol. The molecule has 7 nitrogen and oxygen atoms in total. The van der Waals surface area contributed by atoms with E-state index >= 15 is 0 Å². The van der Waals surface area contributed by atoms with E-state index in [2.05, 4.69) is 10.6 Å². The molecule has 0 aliphatic carbocycles. The molecule has 1 aromatic rings. The fraction of sp³-hybridized carbons (Fsp3) is 0.462. The number of benzene rings is 1. The molecule has 4 N–H and O–H groups in total. The highest BCUT2D eigenvalue weighted by Crippen LogP contribution is 2.23. The van der Waals surface area contributed by atoms with Gasteiger partial charge < -0.3 is 30.3 Å². The van der Waals surface area contributed by atoms with Gasteiger partial charge >= 0.3 is 6.03 Å². The molecule has 0 fully saturated rings. The van der Waals surface area contributed by atoms with Crippen molar-refractivity contribution in [2.45, 2.75) is 20.1 Å². The van der Waals surface area contributed by atoms with E-state index in [9.17, 15) is 15.0 Å². The lowest BCUT2D eigenvalue weighted by atomic mass is 10.3. The predicted octanol–water partition coefficient (Wildman–Crippen LogP) is 1.62. The Kier molecular flexibility index (Phi) is 6.61. The molecule has 0 aliphatic heterocycles. The first kappa shape index (κ1) is 16.1. The van der Waals surface area contributed by atoms with E-state index < -0.39 is 12.3 Å². The normalized spacial score (nSPS) is 10.6. The van der Waals surface area contributed by atoms with Crippen LogP contribution in [0.4, 0.5) is 10.5 Å². The molecular formula is C13H20N2O5. The van der Waals surface area contributed by atoms with Gasteiger partial charge in [-0.15, -0.1) is 0 Å². The highest BCUT2D eigenvalue weighted by atomic mass is 16.7. The van der Waals surface area contributed by atoms with Crippen molar-refractivity contribution in [2.24, 2.45) is 0 Å². The molecule has 0 saturated heterocycles. The van der Waals surface area contributed by atoms with Crippen molar-refractivity contribution in [3.05, 3.63) is 18.2 Å². The molecule has 1 rings (SSSR count). The minimum atomic E-state index is -0.506. The van der Waals surface area contributed by atoms with Gasteiger partial charge in [-0.25, -0.2) is 4.79 Å². The number of rotatable bonds is 7. The van der Waals surface area contributed by atoms with Crippen LogP contribution in [0.3, 0.4) is 0 Å². The van der Waals surface area contributed by atoms with Crippen molar-refractivity contribution >= 4 is 11.7 Å². The molecule has 20 heavy (non-hydrogen) atoms. The highest BCUT2D eigenvalue weighted by molar-refractivity contribution is 5.89. The first-order valence-corrected chi connectivity index (χ1v) is 6.36. The number of hydrogen-bond acceptors (Lipinski definition) is 5. The van der Waals surface area contributed by atoms with Crippen LogP contribution in [0.5, 0.6) is 11.5 Å². The third kappa shape index (κ3) is 5.77. The van der Waals surface area contributed by atoms with Crippen LogP contribution in [0.25, 0.3) is 0 Å². The Balaban J connectivity index is 2.46. The lowest BCUT2D eigenvalue weighted by Gasteiger charge is -2.17. The van der Waals surface area contributed by atoms with Gasteiger partial charge in [-0.05, 0) is 13.8 Å². The number of phenols is 2. The number of aromatic hydroxyl groups is 2. The van der Waals surface area contributed by atoms with Gasteiger partial charge in [0.2, 0.25) is 0 Å². The molecule has 0 atom stereocenters. The lowest BCUT2D eigenvalue weighted by molar-refractivity contribution is -0.131. The van der Waals surface area contributed by atoms with E-state index in [1.807, 2.05) is 13.8 Å². The number of amides is 2. The van der Waals surface area contributed by atoms with Gasteiger partial charge in [0, 0.05) is 37.1 Å². The Bertz CT molecular complexity index is 413. The van der Waals surface area contributed by atoms with Crippen LogP contribution >= 0.6 is 0 Å². The molecule has 0 spiro atoms. The third-order valence-corrected chi connectivity index (χ3v) is 2.29. The molecule has 0 aliphatic rings. The smallest absolute Gasteiger partial charge is 0.319 e. The molecule has 2 amide bonds. The standard InChI is InChI=1S/C13H20N2O5/c1-3-19-12(20-4-2)8-14-13(18)15-9-5-10(16)7-11(17)6-9/h5-7,12,16-17H,3-4,8H2,1-2H3,(H2,14,15,18). The first-order valence-electron chi connectivity index (χ1n) is 6.36. The monoisotopic (exact) mass is 284 g/mol. The number of carbonyl (C=O) groups excluding carboxylic acids is 1. The van der Waals surface area contributed by atoms with Gasteiger partial charge in [-0.2, -0.15) is 0 Å². The van der Waals surface area contributed by atoms with Crippen LogP contribution in [0.1, 0.15) is 13.8 Å². The summed E-state index contributed by atoms with van der Waals surface area (Å²) in [6.07, 6.45) is -0.506.